The minimum absolute atomic E-state index is 0.213. The quantitative estimate of drug-likeness (QED) is 0.700. The molecule has 0 saturated heterocycles. The zero-order valence-electron chi connectivity index (χ0n) is 13.4. The Morgan fingerprint density at radius 2 is 2.08 bits per heavy atom. The first-order valence-electron chi connectivity index (χ1n) is 7.84. The lowest BCUT2D eigenvalue weighted by atomic mass is 10.1. The zero-order chi connectivity index (χ0) is 17.5. The molecule has 6 heteroatoms. The van der Waals surface area contributed by atoms with Crippen molar-refractivity contribution in [3.05, 3.63) is 82.1 Å². The largest absolute Gasteiger partial charge is 0.487 e. The number of nitrogens with zero attached hydrogens (tertiary/aromatic N) is 1. The number of nitrogens with one attached hydrogen (secondary N) is 1. The van der Waals surface area contributed by atoms with Crippen molar-refractivity contribution in [1.82, 2.24) is 10.3 Å². The normalized spacial score (nSPS) is 10.4. The van der Waals surface area contributed by atoms with Crippen LogP contribution in [0.5, 0.6) is 5.75 Å². The fourth-order valence-electron chi connectivity index (χ4n) is 2.31. The minimum atomic E-state index is -0.255. The number of rotatable bonds is 7. The van der Waals surface area contributed by atoms with Crippen molar-refractivity contribution in [2.45, 2.75) is 13.0 Å². The van der Waals surface area contributed by atoms with Crippen LogP contribution in [-0.4, -0.2) is 17.4 Å². The fraction of sp³-hybridized carbons (Fsp3) is 0.158. The molecule has 4 nitrogen and oxygen atoms in total. The van der Waals surface area contributed by atoms with E-state index in [1.807, 2.05) is 5.38 Å². The second-order valence-electron chi connectivity index (χ2n) is 5.39. The minimum Gasteiger partial charge on any atom is -0.487 e. The summed E-state index contributed by atoms with van der Waals surface area (Å²) in [6.45, 7) is 0.728. The van der Waals surface area contributed by atoms with E-state index in [0.29, 0.717) is 36.4 Å². The average Bonchev–Trinajstić information content (AvgIpc) is 3.15. The van der Waals surface area contributed by atoms with Crippen molar-refractivity contribution in [2.75, 3.05) is 6.54 Å². The standard InChI is InChI=1S/C19H17FN2O2S/c20-18-7-2-1-4-14(18)8-9-21-19(23)15-5-3-6-17(10-15)24-11-16-12-25-13-22-16/h1-7,10,12-13H,8-9,11H2,(H,21,23). The van der Waals surface area contributed by atoms with Gasteiger partial charge in [-0.1, -0.05) is 24.3 Å². The van der Waals surface area contributed by atoms with Crippen molar-refractivity contribution in [3.8, 4) is 5.75 Å². The lowest BCUT2D eigenvalue weighted by molar-refractivity contribution is 0.0953. The summed E-state index contributed by atoms with van der Waals surface area (Å²) in [6.07, 6.45) is 0.443. The van der Waals surface area contributed by atoms with Gasteiger partial charge in [0.25, 0.3) is 5.91 Å². The molecular formula is C19H17FN2O2S. The second-order valence-corrected chi connectivity index (χ2v) is 6.11. The van der Waals surface area contributed by atoms with E-state index in [1.54, 1.807) is 48.0 Å². The maximum atomic E-state index is 13.6. The SMILES string of the molecule is O=C(NCCc1ccccc1F)c1cccc(OCc2cscn2)c1. The summed E-state index contributed by atoms with van der Waals surface area (Å²) in [4.78, 5) is 16.4. The molecule has 1 heterocycles. The number of benzene rings is 2. The molecule has 0 atom stereocenters. The third-order valence-electron chi connectivity index (χ3n) is 3.60. The van der Waals surface area contributed by atoms with E-state index in [2.05, 4.69) is 10.3 Å². The first-order valence-corrected chi connectivity index (χ1v) is 8.78. The highest BCUT2D eigenvalue weighted by Crippen LogP contribution is 2.15. The number of hydrogen-bond acceptors (Lipinski definition) is 4. The predicted molar refractivity (Wildman–Crippen MR) is 95.3 cm³/mol. The molecule has 0 aliphatic carbocycles. The summed E-state index contributed by atoms with van der Waals surface area (Å²) in [5.41, 5.74) is 3.69. The Balaban J connectivity index is 1.53. The molecule has 0 radical (unpaired) electrons. The van der Waals surface area contributed by atoms with Gasteiger partial charge in [-0.05, 0) is 36.2 Å². The molecule has 0 bridgehead atoms. The topological polar surface area (TPSA) is 51.2 Å². The number of halogens is 1. The summed E-state index contributed by atoms with van der Waals surface area (Å²) in [5, 5.41) is 4.72. The van der Waals surface area contributed by atoms with Gasteiger partial charge in [-0.25, -0.2) is 9.37 Å². The van der Waals surface area contributed by atoms with Crippen molar-refractivity contribution < 1.29 is 13.9 Å². The van der Waals surface area contributed by atoms with E-state index in [0.717, 1.165) is 5.69 Å². The Morgan fingerprint density at radius 3 is 2.88 bits per heavy atom. The third kappa shape index (κ3) is 4.87. The molecule has 0 aliphatic heterocycles. The number of ether oxygens (including phenoxy) is 1. The van der Waals surface area contributed by atoms with Gasteiger partial charge in [0.2, 0.25) is 0 Å². The predicted octanol–water partition coefficient (Wildman–Crippen LogP) is 3.83. The van der Waals surface area contributed by atoms with Crippen molar-refractivity contribution >= 4 is 17.2 Å². The van der Waals surface area contributed by atoms with Gasteiger partial charge in [-0.3, -0.25) is 4.79 Å². The molecule has 3 rings (SSSR count). The number of hydrogen-bond donors (Lipinski definition) is 1. The monoisotopic (exact) mass is 356 g/mol. The van der Waals surface area contributed by atoms with Gasteiger partial charge < -0.3 is 10.1 Å². The average molecular weight is 356 g/mol. The molecule has 25 heavy (non-hydrogen) atoms. The summed E-state index contributed by atoms with van der Waals surface area (Å²) in [7, 11) is 0. The summed E-state index contributed by atoms with van der Waals surface area (Å²) < 4.78 is 19.2. The van der Waals surface area contributed by atoms with Crippen molar-refractivity contribution in [2.24, 2.45) is 0 Å². The maximum absolute atomic E-state index is 13.6. The molecule has 0 spiro atoms. The Morgan fingerprint density at radius 1 is 1.20 bits per heavy atom. The highest BCUT2D eigenvalue weighted by atomic mass is 32.1. The Labute approximate surface area is 149 Å². The van der Waals surface area contributed by atoms with Crippen LogP contribution in [-0.2, 0) is 13.0 Å². The van der Waals surface area contributed by atoms with E-state index in [4.69, 9.17) is 4.74 Å². The number of carbonyl (C=O) groups excluding carboxylic acids is 1. The molecule has 1 aromatic heterocycles. The van der Waals surface area contributed by atoms with Crippen molar-refractivity contribution in [3.63, 3.8) is 0 Å². The van der Waals surface area contributed by atoms with E-state index < -0.39 is 0 Å². The summed E-state index contributed by atoms with van der Waals surface area (Å²) in [5.74, 6) is 0.138. The van der Waals surface area contributed by atoms with Gasteiger partial charge in [0, 0.05) is 17.5 Å². The lowest BCUT2D eigenvalue weighted by Gasteiger charge is -2.08. The van der Waals surface area contributed by atoms with Crippen LogP contribution in [0.1, 0.15) is 21.6 Å². The van der Waals surface area contributed by atoms with Crippen LogP contribution in [0.15, 0.2) is 59.4 Å². The van der Waals surface area contributed by atoms with Crippen molar-refractivity contribution in [1.29, 1.82) is 0 Å². The highest BCUT2D eigenvalue weighted by molar-refractivity contribution is 7.07. The summed E-state index contributed by atoms with van der Waals surface area (Å²) >= 11 is 1.51. The molecule has 128 valence electrons. The van der Waals surface area contributed by atoms with Crippen LogP contribution in [0, 0.1) is 5.82 Å². The Kier molecular flexibility index (Phi) is 5.74. The fourth-order valence-corrected chi connectivity index (χ4v) is 2.85. The van der Waals surface area contributed by atoms with E-state index >= 15 is 0 Å². The van der Waals surface area contributed by atoms with Gasteiger partial charge in [-0.15, -0.1) is 11.3 Å². The van der Waals surface area contributed by atoms with Crippen LogP contribution in [0.25, 0.3) is 0 Å². The van der Waals surface area contributed by atoms with Crippen LogP contribution < -0.4 is 10.1 Å². The number of thiazole rings is 1. The molecule has 0 saturated carbocycles. The van der Waals surface area contributed by atoms with Crippen LogP contribution >= 0.6 is 11.3 Å². The molecule has 0 fully saturated rings. The smallest absolute Gasteiger partial charge is 0.251 e. The molecule has 1 amide bonds. The second kappa shape index (κ2) is 8.39. The van der Waals surface area contributed by atoms with Gasteiger partial charge >= 0.3 is 0 Å². The molecular weight excluding hydrogens is 339 g/mol. The molecule has 2 aromatic carbocycles. The molecule has 0 unspecified atom stereocenters. The van der Waals surface area contributed by atoms with Crippen LogP contribution in [0.4, 0.5) is 4.39 Å². The van der Waals surface area contributed by atoms with Gasteiger partial charge in [0.1, 0.15) is 18.2 Å². The van der Waals surface area contributed by atoms with E-state index in [1.165, 1.54) is 17.4 Å². The molecule has 1 N–H and O–H groups in total. The maximum Gasteiger partial charge on any atom is 0.251 e. The van der Waals surface area contributed by atoms with Gasteiger partial charge in [0.15, 0.2) is 0 Å². The van der Waals surface area contributed by atoms with Gasteiger partial charge in [0.05, 0.1) is 11.2 Å². The lowest BCUT2D eigenvalue weighted by Crippen LogP contribution is -2.25. The number of amides is 1. The van der Waals surface area contributed by atoms with Gasteiger partial charge in [-0.2, -0.15) is 0 Å². The first-order chi connectivity index (χ1) is 12.2. The Bertz CT molecular complexity index is 837. The third-order valence-corrected chi connectivity index (χ3v) is 4.24. The van der Waals surface area contributed by atoms with E-state index in [-0.39, 0.29) is 11.7 Å². The molecule has 0 aliphatic rings. The molecule has 3 aromatic rings. The first kappa shape index (κ1) is 17.1. The van der Waals surface area contributed by atoms with Crippen LogP contribution in [0.2, 0.25) is 0 Å². The highest BCUT2D eigenvalue weighted by Gasteiger charge is 2.08. The van der Waals surface area contributed by atoms with E-state index in [9.17, 15) is 9.18 Å². The zero-order valence-corrected chi connectivity index (χ0v) is 14.3. The number of aromatic nitrogens is 1. The Hall–Kier alpha value is -2.73. The summed E-state index contributed by atoms with van der Waals surface area (Å²) in [6, 6.07) is 13.5. The number of carbonyl (C=O) groups is 1. The van der Waals surface area contributed by atoms with Crippen LogP contribution in [0.3, 0.4) is 0 Å².